The van der Waals surface area contributed by atoms with Gasteiger partial charge in [0.2, 0.25) is 0 Å². The Balaban J connectivity index is 2.03. The van der Waals surface area contributed by atoms with Gasteiger partial charge in [-0.2, -0.15) is 0 Å². The molecule has 0 aromatic carbocycles. The summed E-state index contributed by atoms with van der Waals surface area (Å²) in [4.78, 5) is 17.3. The molecule has 5 nitrogen and oxygen atoms in total. The van der Waals surface area contributed by atoms with E-state index in [-0.39, 0.29) is 0 Å². The molecule has 0 radical (unpaired) electrons. The highest BCUT2D eigenvalue weighted by molar-refractivity contribution is 5.85. The van der Waals surface area contributed by atoms with E-state index in [2.05, 4.69) is 9.88 Å². The molecule has 0 bridgehead atoms. The van der Waals surface area contributed by atoms with Crippen molar-refractivity contribution < 1.29 is 14.6 Å². The van der Waals surface area contributed by atoms with Crippen LogP contribution in [0.2, 0.25) is 0 Å². The van der Waals surface area contributed by atoms with Crippen LogP contribution < -0.4 is 4.90 Å². The van der Waals surface area contributed by atoms with E-state index in [9.17, 15) is 4.79 Å². The summed E-state index contributed by atoms with van der Waals surface area (Å²) in [5, 5.41) is 8.64. The van der Waals surface area contributed by atoms with Gasteiger partial charge in [0, 0.05) is 32.0 Å². The van der Waals surface area contributed by atoms with E-state index >= 15 is 0 Å². The summed E-state index contributed by atoms with van der Waals surface area (Å²) < 4.78 is 5.66. The highest BCUT2D eigenvalue weighted by Crippen LogP contribution is 2.23. The van der Waals surface area contributed by atoms with Crippen LogP contribution in [-0.2, 0) is 9.53 Å². The summed E-state index contributed by atoms with van der Waals surface area (Å²) in [5.41, 5.74) is 1.88. The number of carboxylic acid groups (broad SMARTS) is 1. The molecule has 0 unspecified atom stereocenters. The lowest BCUT2D eigenvalue weighted by Gasteiger charge is -2.33. The molecule has 0 aliphatic carbocycles. The summed E-state index contributed by atoms with van der Waals surface area (Å²) in [7, 11) is 0. The maximum absolute atomic E-state index is 10.5. The van der Waals surface area contributed by atoms with Gasteiger partial charge in [-0.25, -0.2) is 9.78 Å². The molecule has 1 aromatic heterocycles. The van der Waals surface area contributed by atoms with Crippen molar-refractivity contribution in [3.05, 3.63) is 29.5 Å². The Morgan fingerprint density at radius 2 is 2.24 bits per heavy atom. The standard InChI is InChI=1S/C16H22N2O3/c1-3-21-14-6-8-18(9-7-14)16-12(2)10-13(11-17-16)4-5-15(19)20/h4-5,10-11,14H,3,6-9H2,1-2H3,(H,19,20)/b5-4+. The average Bonchev–Trinajstić information content (AvgIpc) is 2.47. The molecular weight excluding hydrogens is 268 g/mol. The Bertz CT molecular complexity index is 520. The number of piperidine rings is 1. The fourth-order valence-corrected chi connectivity index (χ4v) is 2.65. The number of rotatable bonds is 5. The van der Waals surface area contributed by atoms with Crippen molar-refractivity contribution in [2.24, 2.45) is 0 Å². The third kappa shape index (κ3) is 4.29. The zero-order valence-electron chi connectivity index (χ0n) is 12.6. The highest BCUT2D eigenvalue weighted by Gasteiger charge is 2.21. The fraction of sp³-hybridized carbons (Fsp3) is 0.500. The van der Waals surface area contributed by atoms with Crippen molar-refractivity contribution in [1.29, 1.82) is 0 Å². The molecule has 1 saturated heterocycles. The van der Waals surface area contributed by atoms with E-state index in [1.165, 1.54) is 0 Å². The number of aryl methyl sites for hydroxylation is 1. The van der Waals surface area contributed by atoms with Crippen molar-refractivity contribution in [2.45, 2.75) is 32.8 Å². The van der Waals surface area contributed by atoms with Crippen molar-refractivity contribution in [3.63, 3.8) is 0 Å². The molecule has 1 aliphatic rings. The van der Waals surface area contributed by atoms with Crippen LogP contribution in [0.25, 0.3) is 6.08 Å². The molecule has 1 aromatic rings. The van der Waals surface area contributed by atoms with E-state index in [0.29, 0.717) is 6.10 Å². The molecule has 114 valence electrons. The number of pyridine rings is 1. The van der Waals surface area contributed by atoms with Gasteiger partial charge in [-0.3, -0.25) is 0 Å². The Morgan fingerprint density at radius 1 is 1.52 bits per heavy atom. The van der Waals surface area contributed by atoms with E-state index in [0.717, 1.165) is 55.6 Å². The molecule has 0 spiro atoms. The number of aromatic nitrogens is 1. The molecule has 0 amide bonds. The van der Waals surface area contributed by atoms with Crippen LogP contribution in [-0.4, -0.2) is 41.9 Å². The molecule has 0 atom stereocenters. The minimum Gasteiger partial charge on any atom is -0.478 e. The first-order valence-electron chi connectivity index (χ1n) is 7.34. The SMILES string of the molecule is CCOC1CCN(c2ncc(/C=C/C(=O)O)cc2C)CC1. The van der Waals surface area contributed by atoms with E-state index < -0.39 is 5.97 Å². The first-order chi connectivity index (χ1) is 10.1. The van der Waals surface area contributed by atoms with Gasteiger partial charge in [0.05, 0.1) is 6.10 Å². The van der Waals surface area contributed by atoms with Crippen LogP contribution in [0.5, 0.6) is 0 Å². The average molecular weight is 290 g/mol. The smallest absolute Gasteiger partial charge is 0.328 e. The zero-order chi connectivity index (χ0) is 15.2. The first kappa shape index (κ1) is 15.5. The number of carbonyl (C=O) groups is 1. The predicted octanol–water partition coefficient (Wildman–Crippen LogP) is 2.49. The Morgan fingerprint density at radius 3 is 2.81 bits per heavy atom. The number of carboxylic acids is 1. The summed E-state index contributed by atoms with van der Waals surface area (Å²) >= 11 is 0. The van der Waals surface area contributed by atoms with Crippen LogP contribution in [0.15, 0.2) is 18.3 Å². The highest BCUT2D eigenvalue weighted by atomic mass is 16.5. The minimum atomic E-state index is -0.949. The molecule has 21 heavy (non-hydrogen) atoms. The second-order valence-electron chi connectivity index (χ2n) is 5.22. The zero-order valence-corrected chi connectivity index (χ0v) is 12.6. The number of hydrogen-bond acceptors (Lipinski definition) is 4. The topological polar surface area (TPSA) is 62.7 Å². The number of aliphatic carboxylic acids is 1. The summed E-state index contributed by atoms with van der Waals surface area (Å²) in [6.45, 7) is 6.70. The largest absolute Gasteiger partial charge is 0.478 e. The van der Waals surface area contributed by atoms with Gasteiger partial charge in [-0.1, -0.05) is 0 Å². The monoisotopic (exact) mass is 290 g/mol. The maximum Gasteiger partial charge on any atom is 0.328 e. The third-order valence-electron chi connectivity index (χ3n) is 3.63. The van der Waals surface area contributed by atoms with Crippen LogP contribution in [0, 0.1) is 6.92 Å². The number of ether oxygens (including phenoxy) is 1. The van der Waals surface area contributed by atoms with Gasteiger partial charge in [-0.15, -0.1) is 0 Å². The lowest BCUT2D eigenvalue weighted by molar-refractivity contribution is -0.131. The quantitative estimate of drug-likeness (QED) is 0.844. The van der Waals surface area contributed by atoms with E-state index in [4.69, 9.17) is 9.84 Å². The van der Waals surface area contributed by atoms with E-state index in [1.54, 1.807) is 12.3 Å². The molecule has 1 fully saturated rings. The number of hydrogen-bond donors (Lipinski definition) is 1. The lowest BCUT2D eigenvalue weighted by Crippen LogP contribution is -2.37. The van der Waals surface area contributed by atoms with Crippen molar-refractivity contribution in [2.75, 3.05) is 24.6 Å². The molecule has 1 aliphatic heterocycles. The summed E-state index contributed by atoms with van der Waals surface area (Å²) in [5.74, 6) is 0.0344. The number of anilines is 1. The van der Waals surface area contributed by atoms with Crippen LogP contribution >= 0.6 is 0 Å². The Hall–Kier alpha value is -1.88. The summed E-state index contributed by atoms with van der Waals surface area (Å²) in [6, 6.07) is 1.97. The molecular formula is C16H22N2O3. The molecule has 1 N–H and O–H groups in total. The predicted molar refractivity (Wildman–Crippen MR) is 82.5 cm³/mol. The summed E-state index contributed by atoms with van der Waals surface area (Å²) in [6.07, 6.45) is 6.82. The molecule has 5 heteroatoms. The van der Waals surface area contributed by atoms with Gasteiger partial charge < -0.3 is 14.7 Å². The first-order valence-corrected chi connectivity index (χ1v) is 7.34. The molecule has 2 rings (SSSR count). The molecule has 2 heterocycles. The minimum absolute atomic E-state index is 0.365. The van der Waals surface area contributed by atoms with Crippen LogP contribution in [0.4, 0.5) is 5.82 Å². The van der Waals surface area contributed by atoms with Gasteiger partial charge in [0.1, 0.15) is 5.82 Å². The fourth-order valence-electron chi connectivity index (χ4n) is 2.65. The van der Waals surface area contributed by atoms with Crippen molar-refractivity contribution in [3.8, 4) is 0 Å². The van der Waals surface area contributed by atoms with Crippen molar-refractivity contribution >= 4 is 17.9 Å². The van der Waals surface area contributed by atoms with Gasteiger partial charge in [0.15, 0.2) is 0 Å². The second-order valence-corrected chi connectivity index (χ2v) is 5.22. The van der Waals surface area contributed by atoms with Crippen LogP contribution in [0.3, 0.4) is 0 Å². The van der Waals surface area contributed by atoms with Crippen molar-refractivity contribution in [1.82, 2.24) is 4.98 Å². The Kier molecular flexibility index (Phi) is 5.33. The normalized spacial score (nSPS) is 16.6. The van der Waals surface area contributed by atoms with E-state index in [1.807, 2.05) is 19.9 Å². The Labute approximate surface area is 125 Å². The van der Waals surface area contributed by atoms with Gasteiger partial charge in [-0.05, 0) is 50.0 Å². The third-order valence-corrected chi connectivity index (χ3v) is 3.63. The second kappa shape index (κ2) is 7.22. The number of nitrogens with zero attached hydrogens (tertiary/aromatic N) is 2. The lowest BCUT2D eigenvalue weighted by atomic mass is 10.1. The van der Waals surface area contributed by atoms with Gasteiger partial charge in [0.25, 0.3) is 0 Å². The van der Waals surface area contributed by atoms with Crippen LogP contribution in [0.1, 0.15) is 30.9 Å². The molecule has 0 saturated carbocycles. The maximum atomic E-state index is 10.5. The van der Waals surface area contributed by atoms with Gasteiger partial charge >= 0.3 is 5.97 Å².